The molecular weight excluding hydrogens is 351 g/mol. The van der Waals surface area contributed by atoms with Crippen LogP contribution >= 0.6 is 0 Å². The number of aryl methyl sites for hydroxylation is 2. The second kappa shape index (κ2) is 7.28. The molecule has 0 bridgehead atoms. The Labute approximate surface area is 162 Å². The molecule has 0 aliphatic rings. The average molecular weight is 370 g/mol. The molecule has 0 fully saturated rings. The van der Waals surface area contributed by atoms with Gasteiger partial charge in [-0.25, -0.2) is 9.18 Å². The van der Waals surface area contributed by atoms with E-state index in [1.165, 1.54) is 12.1 Å². The van der Waals surface area contributed by atoms with Crippen LogP contribution in [0.4, 0.5) is 4.39 Å². The SMILES string of the molecule is Cc1cc2oc(=O)cc(-c3ccccc3)c2c(C)c1/C=C/c1ccc(F)cc1. The van der Waals surface area contributed by atoms with Crippen molar-refractivity contribution in [2.24, 2.45) is 0 Å². The highest BCUT2D eigenvalue weighted by Gasteiger charge is 2.14. The van der Waals surface area contributed by atoms with Crippen LogP contribution in [0.25, 0.3) is 34.2 Å². The summed E-state index contributed by atoms with van der Waals surface area (Å²) in [5.74, 6) is -0.252. The summed E-state index contributed by atoms with van der Waals surface area (Å²) in [6, 6.07) is 19.7. The van der Waals surface area contributed by atoms with Crippen molar-refractivity contribution in [3.63, 3.8) is 0 Å². The Kier molecular flexibility index (Phi) is 4.66. The second-order valence-electron chi connectivity index (χ2n) is 6.84. The molecule has 0 saturated heterocycles. The number of halogens is 1. The fourth-order valence-electron chi connectivity index (χ4n) is 3.56. The van der Waals surface area contributed by atoms with Gasteiger partial charge in [0, 0.05) is 17.0 Å². The van der Waals surface area contributed by atoms with Gasteiger partial charge < -0.3 is 4.42 Å². The van der Waals surface area contributed by atoms with Gasteiger partial charge in [-0.15, -0.1) is 0 Å². The van der Waals surface area contributed by atoms with Gasteiger partial charge in [-0.1, -0.05) is 54.6 Å². The molecule has 0 amide bonds. The van der Waals surface area contributed by atoms with E-state index in [0.29, 0.717) is 5.58 Å². The lowest BCUT2D eigenvalue weighted by Crippen LogP contribution is -2.01. The van der Waals surface area contributed by atoms with E-state index in [1.54, 1.807) is 18.2 Å². The Morgan fingerprint density at radius 3 is 2.32 bits per heavy atom. The van der Waals surface area contributed by atoms with Crippen molar-refractivity contribution in [2.75, 3.05) is 0 Å². The summed E-state index contributed by atoms with van der Waals surface area (Å²) >= 11 is 0. The van der Waals surface area contributed by atoms with Crippen molar-refractivity contribution >= 4 is 23.1 Å². The van der Waals surface area contributed by atoms with Crippen LogP contribution in [0.15, 0.2) is 75.9 Å². The molecule has 0 saturated carbocycles. The predicted octanol–water partition coefficient (Wildman–Crippen LogP) is 6.39. The summed E-state index contributed by atoms with van der Waals surface area (Å²) in [6.45, 7) is 4.03. The maximum atomic E-state index is 13.1. The minimum Gasteiger partial charge on any atom is -0.423 e. The average Bonchev–Trinajstić information content (AvgIpc) is 2.69. The standard InChI is InChI=1S/C25H19FO2/c1-16-14-23-25(22(15-24(27)28-23)19-6-4-3-5-7-19)17(2)21(16)13-10-18-8-11-20(26)12-9-18/h3-15H,1-2H3/b13-10+. The topological polar surface area (TPSA) is 30.2 Å². The zero-order chi connectivity index (χ0) is 19.7. The summed E-state index contributed by atoms with van der Waals surface area (Å²) in [6.07, 6.45) is 3.99. The van der Waals surface area contributed by atoms with Crippen LogP contribution < -0.4 is 5.63 Å². The zero-order valence-electron chi connectivity index (χ0n) is 15.7. The summed E-state index contributed by atoms with van der Waals surface area (Å²) in [7, 11) is 0. The molecule has 2 nitrogen and oxygen atoms in total. The first-order chi connectivity index (χ1) is 13.5. The lowest BCUT2D eigenvalue weighted by molar-refractivity contribution is 0.561. The zero-order valence-corrected chi connectivity index (χ0v) is 15.7. The van der Waals surface area contributed by atoms with E-state index in [9.17, 15) is 9.18 Å². The first-order valence-electron chi connectivity index (χ1n) is 9.10. The minimum absolute atomic E-state index is 0.252. The van der Waals surface area contributed by atoms with Gasteiger partial charge in [-0.05, 0) is 59.9 Å². The quantitative estimate of drug-likeness (QED) is 0.309. The highest BCUT2D eigenvalue weighted by Crippen LogP contribution is 2.33. The van der Waals surface area contributed by atoms with E-state index in [1.807, 2.05) is 62.4 Å². The Morgan fingerprint density at radius 2 is 1.61 bits per heavy atom. The molecule has 0 unspecified atom stereocenters. The first kappa shape index (κ1) is 17.9. The molecule has 0 aliphatic carbocycles. The molecule has 28 heavy (non-hydrogen) atoms. The number of hydrogen-bond donors (Lipinski definition) is 0. The molecule has 0 radical (unpaired) electrons. The monoisotopic (exact) mass is 370 g/mol. The molecule has 0 atom stereocenters. The van der Waals surface area contributed by atoms with E-state index in [2.05, 4.69) is 0 Å². The third kappa shape index (κ3) is 3.39. The second-order valence-corrected chi connectivity index (χ2v) is 6.84. The summed E-state index contributed by atoms with van der Waals surface area (Å²) < 4.78 is 18.6. The fourth-order valence-corrected chi connectivity index (χ4v) is 3.56. The van der Waals surface area contributed by atoms with Gasteiger partial charge in [-0.2, -0.15) is 0 Å². The van der Waals surface area contributed by atoms with E-state index in [0.717, 1.165) is 38.8 Å². The molecule has 4 rings (SSSR count). The van der Waals surface area contributed by atoms with Gasteiger partial charge in [0.05, 0.1) is 0 Å². The van der Waals surface area contributed by atoms with Crippen LogP contribution in [0.3, 0.4) is 0 Å². The molecular formula is C25H19FO2. The van der Waals surface area contributed by atoms with Gasteiger partial charge >= 0.3 is 5.63 Å². The van der Waals surface area contributed by atoms with Crippen LogP contribution in [0.5, 0.6) is 0 Å². The van der Waals surface area contributed by atoms with Crippen molar-refractivity contribution in [3.05, 3.63) is 105 Å². The van der Waals surface area contributed by atoms with Crippen LogP contribution in [-0.4, -0.2) is 0 Å². The number of fused-ring (bicyclic) bond motifs is 1. The number of benzene rings is 3. The first-order valence-corrected chi connectivity index (χ1v) is 9.10. The summed E-state index contributed by atoms with van der Waals surface area (Å²) in [5, 5.41) is 0.926. The molecule has 3 heteroatoms. The Hall–Kier alpha value is -3.46. The van der Waals surface area contributed by atoms with Crippen molar-refractivity contribution in [3.8, 4) is 11.1 Å². The third-order valence-corrected chi connectivity index (χ3v) is 4.94. The van der Waals surface area contributed by atoms with Crippen LogP contribution in [-0.2, 0) is 0 Å². The molecule has 1 heterocycles. The highest BCUT2D eigenvalue weighted by molar-refractivity contribution is 5.98. The Bertz CT molecular complexity index is 1230. The van der Waals surface area contributed by atoms with Crippen molar-refractivity contribution in [2.45, 2.75) is 13.8 Å². The largest absolute Gasteiger partial charge is 0.423 e. The summed E-state index contributed by atoms with van der Waals surface area (Å²) in [5.41, 5.74) is 6.08. The fraction of sp³-hybridized carbons (Fsp3) is 0.0800. The minimum atomic E-state index is -0.361. The van der Waals surface area contributed by atoms with E-state index >= 15 is 0 Å². The van der Waals surface area contributed by atoms with Crippen LogP contribution in [0.1, 0.15) is 22.3 Å². The van der Waals surface area contributed by atoms with Crippen LogP contribution in [0.2, 0.25) is 0 Å². The van der Waals surface area contributed by atoms with E-state index in [4.69, 9.17) is 4.42 Å². The van der Waals surface area contributed by atoms with Gasteiger partial charge in [-0.3, -0.25) is 0 Å². The maximum absolute atomic E-state index is 13.1. The summed E-state index contributed by atoms with van der Waals surface area (Å²) in [4.78, 5) is 12.1. The predicted molar refractivity (Wildman–Crippen MR) is 113 cm³/mol. The van der Waals surface area contributed by atoms with Gasteiger partial charge in [0.1, 0.15) is 11.4 Å². The molecule has 138 valence electrons. The van der Waals surface area contributed by atoms with Gasteiger partial charge in [0.2, 0.25) is 0 Å². The lowest BCUT2D eigenvalue weighted by Gasteiger charge is -2.13. The maximum Gasteiger partial charge on any atom is 0.336 e. The number of rotatable bonds is 3. The smallest absolute Gasteiger partial charge is 0.336 e. The molecule has 0 aliphatic heterocycles. The normalized spacial score (nSPS) is 11.4. The van der Waals surface area contributed by atoms with Crippen molar-refractivity contribution in [1.82, 2.24) is 0 Å². The van der Waals surface area contributed by atoms with Gasteiger partial charge in [0.15, 0.2) is 0 Å². The molecule has 3 aromatic carbocycles. The Morgan fingerprint density at radius 1 is 0.893 bits per heavy atom. The Balaban J connectivity index is 1.92. The van der Waals surface area contributed by atoms with Crippen molar-refractivity contribution in [1.29, 1.82) is 0 Å². The van der Waals surface area contributed by atoms with Crippen molar-refractivity contribution < 1.29 is 8.81 Å². The molecule has 0 spiro atoms. The molecule has 1 aromatic heterocycles. The molecule has 0 N–H and O–H groups in total. The number of hydrogen-bond acceptors (Lipinski definition) is 2. The van der Waals surface area contributed by atoms with E-state index in [-0.39, 0.29) is 11.4 Å². The van der Waals surface area contributed by atoms with E-state index < -0.39 is 0 Å². The lowest BCUT2D eigenvalue weighted by atomic mass is 9.92. The third-order valence-electron chi connectivity index (χ3n) is 4.94. The molecule has 4 aromatic rings. The van der Waals surface area contributed by atoms with Crippen LogP contribution in [0, 0.1) is 19.7 Å². The van der Waals surface area contributed by atoms with Gasteiger partial charge in [0.25, 0.3) is 0 Å². The highest BCUT2D eigenvalue weighted by atomic mass is 19.1.